The zero-order valence-electron chi connectivity index (χ0n) is 14.4. The van der Waals surface area contributed by atoms with Gasteiger partial charge in [0, 0.05) is 26.1 Å². The molecule has 3 N–H and O–H groups in total. The molecule has 2 rings (SSSR count). The molecule has 5 nitrogen and oxygen atoms in total. The Bertz CT molecular complexity index is 715. The summed E-state index contributed by atoms with van der Waals surface area (Å²) >= 11 is 0. The van der Waals surface area contributed by atoms with Gasteiger partial charge in [-0.25, -0.2) is 4.39 Å². The fourth-order valence-corrected chi connectivity index (χ4v) is 2.32. The van der Waals surface area contributed by atoms with Crippen LogP contribution < -0.4 is 10.5 Å². The van der Waals surface area contributed by atoms with E-state index in [1.165, 1.54) is 11.0 Å². The number of nitrogens with two attached hydrogens (primary N) is 1. The lowest BCUT2D eigenvalue weighted by molar-refractivity contribution is -0.133. The summed E-state index contributed by atoms with van der Waals surface area (Å²) in [6, 6.07) is 13.4. The van der Waals surface area contributed by atoms with Gasteiger partial charge in [-0.15, -0.1) is 0 Å². The normalized spacial score (nSPS) is 13.2. The standard InChI is InChI=1S/C19H23FN2O3/c1-22(2)18(23)12-19(21,24)11-14-7-9-16(10-8-14)25-13-15-5-3-4-6-17(15)20/h3-10,24H,11-13,21H2,1-2H3. The molecular weight excluding hydrogens is 323 g/mol. The first-order valence-corrected chi connectivity index (χ1v) is 7.93. The van der Waals surface area contributed by atoms with Crippen molar-refractivity contribution in [1.82, 2.24) is 4.90 Å². The minimum Gasteiger partial charge on any atom is -0.489 e. The van der Waals surface area contributed by atoms with Crippen LogP contribution in [0.15, 0.2) is 48.5 Å². The second-order valence-electron chi connectivity index (χ2n) is 6.27. The van der Waals surface area contributed by atoms with Gasteiger partial charge in [-0.2, -0.15) is 0 Å². The van der Waals surface area contributed by atoms with Gasteiger partial charge < -0.3 is 20.5 Å². The Kier molecular flexibility index (Phi) is 6.12. The summed E-state index contributed by atoms with van der Waals surface area (Å²) in [5.41, 5.74) is 5.45. The van der Waals surface area contributed by atoms with Gasteiger partial charge in [0.15, 0.2) is 0 Å². The van der Waals surface area contributed by atoms with E-state index in [0.29, 0.717) is 11.3 Å². The summed E-state index contributed by atoms with van der Waals surface area (Å²) in [6.45, 7) is 0.129. The van der Waals surface area contributed by atoms with Crippen molar-refractivity contribution in [3.63, 3.8) is 0 Å². The quantitative estimate of drug-likeness (QED) is 0.753. The number of hydrogen-bond acceptors (Lipinski definition) is 4. The van der Waals surface area contributed by atoms with Crippen molar-refractivity contribution in [3.05, 3.63) is 65.5 Å². The molecule has 134 valence electrons. The highest BCUT2D eigenvalue weighted by Crippen LogP contribution is 2.19. The van der Waals surface area contributed by atoms with E-state index in [-0.39, 0.29) is 31.2 Å². The molecule has 0 aliphatic carbocycles. The fourth-order valence-electron chi connectivity index (χ4n) is 2.32. The molecule has 6 heteroatoms. The van der Waals surface area contributed by atoms with Gasteiger partial charge in [-0.05, 0) is 23.8 Å². The van der Waals surface area contributed by atoms with Crippen LogP contribution in [0.25, 0.3) is 0 Å². The molecule has 0 heterocycles. The van der Waals surface area contributed by atoms with Crippen molar-refractivity contribution < 1.29 is 19.0 Å². The Morgan fingerprint density at radius 1 is 1.20 bits per heavy atom. The van der Waals surface area contributed by atoms with E-state index in [1.807, 2.05) is 0 Å². The molecule has 0 aliphatic heterocycles. The molecule has 0 bridgehead atoms. The van der Waals surface area contributed by atoms with Crippen molar-refractivity contribution in [1.29, 1.82) is 0 Å². The van der Waals surface area contributed by atoms with E-state index in [9.17, 15) is 14.3 Å². The van der Waals surface area contributed by atoms with Crippen LogP contribution in [-0.4, -0.2) is 35.7 Å². The Hall–Kier alpha value is -2.44. The van der Waals surface area contributed by atoms with Crippen LogP contribution in [-0.2, 0) is 17.8 Å². The first kappa shape index (κ1) is 18.9. The topological polar surface area (TPSA) is 75.8 Å². The van der Waals surface area contributed by atoms with Gasteiger partial charge in [-0.1, -0.05) is 30.3 Å². The minimum atomic E-state index is -1.61. The molecule has 0 spiro atoms. The number of carbonyl (C=O) groups excluding carboxylic acids is 1. The molecule has 0 radical (unpaired) electrons. The van der Waals surface area contributed by atoms with E-state index >= 15 is 0 Å². The van der Waals surface area contributed by atoms with Gasteiger partial charge in [-0.3, -0.25) is 4.79 Å². The first-order valence-electron chi connectivity index (χ1n) is 7.93. The highest BCUT2D eigenvalue weighted by molar-refractivity contribution is 5.76. The van der Waals surface area contributed by atoms with Crippen molar-refractivity contribution in [2.45, 2.75) is 25.2 Å². The van der Waals surface area contributed by atoms with Crippen LogP contribution in [0, 0.1) is 5.82 Å². The third kappa shape index (κ3) is 5.85. The number of amides is 1. The van der Waals surface area contributed by atoms with Crippen LogP contribution in [0.1, 0.15) is 17.5 Å². The molecule has 0 aliphatic rings. The second-order valence-corrected chi connectivity index (χ2v) is 6.27. The van der Waals surface area contributed by atoms with Gasteiger partial charge >= 0.3 is 0 Å². The van der Waals surface area contributed by atoms with Gasteiger partial charge in [0.05, 0.1) is 6.42 Å². The SMILES string of the molecule is CN(C)C(=O)CC(N)(O)Cc1ccc(OCc2ccccc2F)cc1. The van der Waals surface area contributed by atoms with Crippen LogP contribution in [0.3, 0.4) is 0 Å². The molecule has 0 fully saturated rings. The summed E-state index contributed by atoms with van der Waals surface area (Å²) in [6.07, 6.45) is -0.0221. The highest BCUT2D eigenvalue weighted by atomic mass is 19.1. The molecule has 2 aromatic rings. The lowest BCUT2D eigenvalue weighted by Crippen LogP contribution is -2.46. The molecule has 2 aromatic carbocycles. The first-order chi connectivity index (χ1) is 11.8. The predicted octanol–water partition coefficient (Wildman–Crippen LogP) is 2.07. The molecular formula is C19H23FN2O3. The predicted molar refractivity (Wildman–Crippen MR) is 93.3 cm³/mol. The Morgan fingerprint density at radius 2 is 1.84 bits per heavy atom. The number of halogens is 1. The molecule has 0 aromatic heterocycles. The van der Waals surface area contributed by atoms with Crippen LogP contribution >= 0.6 is 0 Å². The van der Waals surface area contributed by atoms with Crippen molar-refractivity contribution >= 4 is 5.91 Å². The number of benzene rings is 2. The van der Waals surface area contributed by atoms with E-state index in [2.05, 4.69) is 0 Å². The van der Waals surface area contributed by atoms with Crippen LogP contribution in [0.4, 0.5) is 4.39 Å². The van der Waals surface area contributed by atoms with E-state index in [1.54, 1.807) is 56.6 Å². The summed E-state index contributed by atoms with van der Waals surface area (Å²) < 4.78 is 19.1. The Morgan fingerprint density at radius 3 is 2.44 bits per heavy atom. The van der Waals surface area contributed by atoms with E-state index < -0.39 is 5.72 Å². The van der Waals surface area contributed by atoms with Crippen molar-refractivity contribution in [3.8, 4) is 5.75 Å². The van der Waals surface area contributed by atoms with Gasteiger partial charge in [0.1, 0.15) is 23.9 Å². The maximum atomic E-state index is 13.6. The van der Waals surface area contributed by atoms with E-state index in [0.717, 1.165) is 5.56 Å². The maximum absolute atomic E-state index is 13.6. The van der Waals surface area contributed by atoms with Gasteiger partial charge in [0.25, 0.3) is 0 Å². The lowest BCUT2D eigenvalue weighted by atomic mass is 9.99. The third-order valence-electron chi connectivity index (χ3n) is 3.74. The van der Waals surface area contributed by atoms with E-state index in [4.69, 9.17) is 10.5 Å². The summed E-state index contributed by atoms with van der Waals surface area (Å²) in [5.74, 6) is 0.0321. The van der Waals surface area contributed by atoms with Crippen LogP contribution in [0.5, 0.6) is 5.75 Å². The summed E-state index contributed by atoms with van der Waals surface area (Å²) in [4.78, 5) is 13.1. The summed E-state index contributed by atoms with van der Waals surface area (Å²) in [7, 11) is 3.22. The molecule has 1 amide bonds. The second kappa shape index (κ2) is 8.09. The average molecular weight is 346 g/mol. The maximum Gasteiger partial charge on any atom is 0.226 e. The monoisotopic (exact) mass is 346 g/mol. The minimum absolute atomic E-state index is 0.129. The molecule has 1 atom stereocenters. The molecule has 0 saturated heterocycles. The smallest absolute Gasteiger partial charge is 0.226 e. The zero-order valence-corrected chi connectivity index (χ0v) is 14.4. The summed E-state index contributed by atoms with van der Waals surface area (Å²) in [5, 5.41) is 10.2. The molecule has 0 saturated carbocycles. The number of nitrogens with zero attached hydrogens (tertiary/aromatic N) is 1. The molecule has 25 heavy (non-hydrogen) atoms. The van der Waals surface area contributed by atoms with Crippen LogP contribution in [0.2, 0.25) is 0 Å². The number of ether oxygens (including phenoxy) is 1. The fraction of sp³-hybridized carbons (Fsp3) is 0.316. The highest BCUT2D eigenvalue weighted by Gasteiger charge is 2.26. The number of rotatable bonds is 7. The lowest BCUT2D eigenvalue weighted by Gasteiger charge is -2.24. The number of aliphatic hydroxyl groups is 1. The Balaban J connectivity index is 1.93. The van der Waals surface area contributed by atoms with Gasteiger partial charge in [0.2, 0.25) is 5.91 Å². The van der Waals surface area contributed by atoms with Crippen molar-refractivity contribution in [2.75, 3.05) is 14.1 Å². The third-order valence-corrected chi connectivity index (χ3v) is 3.74. The zero-order chi connectivity index (χ0) is 18.4. The number of hydrogen-bond donors (Lipinski definition) is 2. The number of carbonyl (C=O) groups is 1. The van der Waals surface area contributed by atoms with Crippen molar-refractivity contribution in [2.24, 2.45) is 5.73 Å². The Labute approximate surface area is 146 Å². The largest absolute Gasteiger partial charge is 0.489 e. The molecule has 1 unspecified atom stereocenters. The average Bonchev–Trinajstić information content (AvgIpc) is 2.54.